The van der Waals surface area contributed by atoms with Crippen LogP contribution in [0.3, 0.4) is 0 Å². The van der Waals surface area contributed by atoms with E-state index in [1.165, 1.54) is 0 Å². The van der Waals surface area contributed by atoms with Crippen LogP contribution in [0.25, 0.3) is 0 Å². The number of terminal acetylenes is 1. The summed E-state index contributed by atoms with van der Waals surface area (Å²) >= 11 is 0. The van der Waals surface area contributed by atoms with E-state index in [1.54, 1.807) is 0 Å². The van der Waals surface area contributed by atoms with Crippen molar-refractivity contribution in [3.8, 4) is 12.3 Å². The third-order valence-corrected chi connectivity index (χ3v) is 2.83. The van der Waals surface area contributed by atoms with Crippen LogP contribution in [0.1, 0.15) is 6.42 Å². The number of likely N-dealkylation sites (tertiary alicyclic amines) is 1. The van der Waals surface area contributed by atoms with E-state index < -0.39 is 0 Å². The fraction of sp³-hybridized carbons (Fsp3) is 0.667. The van der Waals surface area contributed by atoms with Gasteiger partial charge in [0, 0.05) is 25.7 Å². The number of hydrogen-bond acceptors (Lipinski definition) is 2. The predicted molar refractivity (Wildman–Crippen MR) is 45.3 cm³/mol. The Bertz CT molecular complexity index is 243. The molecule has 2 saturated heterocycles. The van der Waals surface area contributed by atoms with E-state index in [-0.39, 0.29) is 5.91 Å². The molecule has 2 aliphatic rings. The Balaban J connectivity index is 2.10. The Morgan fingerprint density at radius 3 is 3.17 bits per heavy atom. The van der Waals surface area contributed by atoms with Crippen LogP contribution in [0.2, 0.25) is 0 Å². The maximum atomic E-state index is 11.2. The van der Waals surface area contributed by atoms with Crippen molar-refractivity contribution in [2.45, 2.75) is 12.5 Å². The molecule has 0 aromatic carbocycles. The molecule has 0 bridgehead atoms. The van der Waals surface area contributed by atoms with Gasteiger partial charge >= 0.3 is 0 Å². The monoisotopic (exact) mass is 164 g/mol. The summed E-state index contributed by atoms with van der Waals surface area (Å²) in [5, 5.41) is 3.27. The van der Waals surface area contributed by atoms with E-state index in [1.807, 2.05) is 4.90 Å². The van der Waals surface area contributed by atoms with Gasteiger partial charge in [-0.25, -0.2) is 0 Å². The number of nitrogens with zero attached hydrogens (tertiary/aromatic N) is 1. The van der Waals surface area contributed by atoms with E-state index in [2.05, 4.69) is 11.2 Å². The minimum absolute atomic E-state index is 0.147. The van der Waals surface area contributed by atoms with Crippen molar-refractivity contribution in [2.24, 2.45) is 5.92 Å². The molecule has 0 aliphatic carbocycles. The Morgan fingerprint density at radius 2 is 2.42 bits per heavy atom. The quantitative estimate of drug-likeness (QED) is 0.487. The lowest BCUT2D eigenvalue weighted by molar-refractivity contribution is -0.125. The Morgan fingerprint density at radius 1 is 1.58 bits per heavy atom. The molecule has 0 aromatic heterocycles. The minimum Gasteiger partial charge on any atom is -0.327 e. The molecule has 0 aromatic rings. The van der Waals surface area contributed by atoms with Gasteiger partial charge in [-0.3, -0.25) is 4.79 Å². The van der Waals surface area contributed by atoms with Gasteiger partial charge in [0.1, 0.15) is 0 Å². The molecule has 0 radical (unpaired) electrons. The largest absolute Gasteiger partial charge is 0.327 e. The molecule has 2 atom stereocenters. The van der Waals surface area contributed by atoms with Crippen LogP contribution in [0.5, 0.6) is 0 Å². The Kier molecular flexibility index (Phi) is 1.78. The number of nitrogens with one attached hydrogen (secondary N) is 1. The SMILES string of the molecule is C#CC(=O)N1CCC2CNCC21. The van der Waals surface area contributed by atoms with Crippen molar-refractivity contribution in [3.05, 3.63) is 0 Å². The van der Waals surface area contributed by atoms with Crippen LogP contribution >= 0.6 is 0 Å². The average molecular weight is 164 g/mol. The summed E-state index contributed by atoms with van der Waals surface area (Å²) < 4.78 is 0. The number of carbonyl (C=O) groups excluding carboxylic acids is 1. The second-order valence-corrected chi connectivity index (χ2v) is 3.42. The van der Waals surface area contributed by atoms with Crippen LogP contribution in [-0.2, 0) is 4.79 Å². The van der Waals surface area contributed by atoms with Crippen LogP contribution in [0.15, 0.2) is 0 Å². The van der Waals surface area contributed by atoms with Gasteiger partial charge in [0.2, 0.25) is 0 Å². The fourth-order valence-electron chi connectivity index (χ4n) is 2.18. The number of hydrogen-bond donors (Lipinski definition) is 1. The fourth-order valence-corrected chi connectivity index (χ4v) is 2.18. The second kappa shape index (κ2) is 2.80. The highest BCUT2D eigenvalue weighted by molar-refractivity contribution is 5.93. The van der Waals surface area contributed by atoms with Gasteiger partial charge in [-0.1, -0.05) is 0 Å². The van der Waals surface area contributed by atoms with E-state index in [4.69, 9.17) is 6.42 Å². The van der Waals surface area contributed by atoms with E-state index in [0.29, 0.717) is 12.0 Å². The molecule has 2 rings (SSSR count). The maximum absolute atomic E-state index is 11.2. The molecule has 2 aliphatic heterocycles. The Labute approximate surface area is 72.1 Å². The first kappa shape index (κ1) is 7.63. The first-order valence-electron chi connectivity index (χ1n) is 4.31. The molecule has 1 amide bonds. The minimum atomic E-state index is -0.147. The molecular weight excluding hydrogens is 152 g/mol. The number of amides is 1. The molecule has 2 unspecified atom stereocenters. The zero-order valence-corrected chi connectivity index (χ0v) is 6.92. The van der Waals surface area contributed by atoms with E-state index in [9.17, 15) is 4.79 Å². The van der Waals surface area contributed by atoms with Crippen molar-refractivity contribution in [1.82, 2.24) is 10.2 Å². The summed E-state index contributed by atoms with van der Waals surface area (Å²) in [5.41, 5.74) is 0. The first-order chi connectivity index (χ1) is 5.83. The van der Waals surface area contributed by atoms with Gasteiger partial charge in [-0.05, 0) is 18.3 Å². The molecule has 2 fully saturated rings. The average Bonchev–Trinajstić information content (AvgIpc) is 2.62. The van der Waals surface area contributed by atoms with E-state index >= 15 is 0 Å². The highest BCUT2D eigenvalue weighted by Crippen LogP contribution is 2.26. The van der Waals surface area contributed by atoms with Gasteiger partial charge in [0.15, 0.2) is 0 Å². The van der Waals surface area contributed by atoms with Crippen LogP contribution in [0, 0.1) is 18.3 Å². The summed E-state index contributed by atoms with van der Waals surface area (Å²) in [7, 11) is 0. The molecule has 12 heavy (non-hydrogen) atoms. The second-order valence-electron chi connectivity index (χ2n) is 3.42. The third-order valence-electron chi connectivity index (χ3n) is 2.83. The van der Waals surface area contributed by atoms with Crippen LogP contribution in [0.4, 0.5) is 0 Å². The van der Waals surface area contributed by atoms with Crippen molar-refractivity contribution < 1.29 is 4.79 Å². The zero-order valence-electron chi connectivity index (χ0n) is 6.92. The molecular formula is C9H12N2O. The summed E-state index contributed by atoms with van der Waals surface area (Å²) in [5.74, 6) is 2.67. The van der Waals surface area contributed by atoms with Gasteiger partial charge in [-0.15, -0.1) is 6.42 Å². The summed E-state index contributed by atoms with van der Waals surface area (Å²) in [6.45, 7) is 2.80. The van der Waals surface area contributed by atoms with Gasteiger partial charge in [0.05, 0.1) is 0 Å². The van der Waals surface area contributed by atoms with Crippen LogP contribution in [-0.4, -0.2) is 36.5 Å². The molecule has 3 nitrogen and oxygen atoms in total. The molecule has 1 N–H and O–H groups in total. The molecule has 64 valence electrons. The zero-order chi connectivity index (χ0) is 8.55. The molecule has 0 spiro atoms. The van der Waals surface area contributed by atoms with Crippen LogP contribution < -0.4 is 5.32 Å². The van der Waals surface area contributed by atoms with Crippen molar-refractivity contribution in [2.75, 3.05) is 19.6 Å². The normalized spacial score (nSPS) is 33.1. The lowest BCUT2D eigenvalue weighted by Gasteiger charge is -2.20. The molecule has 0 saturated carbocycles. The molecule has 2 heterocycles. The summed E-state index contributed by atoms with van der Waals surface area (Å²) in [6, 6.07) is 0.369. The highest BCUT2D eigenvalue weighted by atomic mass is 16.2. The number of carbonyl (C=O) groups is 1. The maximum Gasteiger partial charge on any atom is 0.298 e. The molecule has 3 heteroatoms. The van der Waals surface area contributed by atoms with E-state index in [0.717, 1.165) is 26.1 Å². The standard InChI is InChI=1S/C9H12N2O/c1-2-9(12)11-4-3-7-5-10-6-8(7)11/h1,7-8,10H,3-6H2. The number of rotatable bonds is 0. The third kappa shape index (κ3) is 0.997. The van der Waals surface area contributed by atoms with Crippen molar-refractivity contribution >= 4 is 5.91 Å². The number of fused-ring (bicyclic) bond motifs is 1. The summed E-state index contributed by atoms with van der Waals surface area (Å²) in [4.78, 5) is 13.0. The lowest BCUT2D eigenvalue weighted by Crippen LogP contribution is -2.38. The smallest absolute Gasteiger partial charge is 0.298 e. The first-order valence-corrected chi connectivity index (χ1v) is 4.31. The van der Waals surface area contributed by atoms with Gasteiger partial charge in [-0.2, -0.15) is 0 Å². The predicted octanol–water partition coefficient (Wildman–Crippen LogP) is -0.560. The van der Waals surface area contributed by atoms with Crippen molar-refractivity contribution in [3.63, 3.8) is 0 Å². The van der Waals surface area contributed by atoms with Gasteiger partial charge in [0.25, 0.3) is 5.91 Å². The highest BCUT2D eigenvalue weighted by Gasteiger charge is 2.39. The topological polar surface area (TPSA) is 32.3 Å². The Hall–Kier alpha value is -1.01. The van der Waals surface area contributed by atoms with Gasteiger partial charge < -0.3 is 10.2 Å². The summed E-state index contributed by atoms with van der Waals surface area (Å²) in [6.07, 6.45) is 6.18. The van der Waals surface area contributed by atoms with Crippen molar-refractivity contribution in [1.29, 1.82) is 0 Å². The lowest BCUT2D eigenvalue weighted by atomic mass is 10.1.